The maximum atomic E-state index is 13.1. The van der Waals surface area contributed by atoms with Gasteiger partial charge in [-0.25, -0.2) is 0 Å². The van der Waals surface area contributed by atoms with Crippen molar-refractivity contribution < 1.29 is 14.7 Å². The van der Waals surface area contributed by atoms with Gasteiger partial charge in [-0.1, -0.05) is 46.3 Å². The summed E-state index contributed by atoms with van der Waals surface area (Å²) in [6.07, 6.45) is 9.41. The SMILES string of the molecule is CCC(=O)[C@@]1(C)[C@H](C)CC2C3CCC4=CC(=O)C=C[C@]4(C)C3C(O)C[C@@]21C. The monoisotopic (exact) mass is 370 g/mol. The number of Topliss-reactive ketones (excluding diaryl/α,β-unsaturated/α-hetero) is 1. The summed E-state index contributed by atoms with van der Waals surface area (Å²) in [5.74, 6) is 1.80. The molecule has 27 heavy (non-hydrogen) atoms. The molecule has 8 atom stereocenters. The van der Waals surface area contributed by atoms with Crippen LogP contribution in [0.3, 0.4) is 0 Å². The van der Waals surface area contributed by atoms with Gasteiger partial charge in [0.1, 0.15) is 5.78 Å². The maximum Gasteiger partial charge on any atom is 0.178 e. The van der Waals surface area contributed by atoms with E-state index in [4.69, 9.17) is 0 Å². The Balaban J connectivity index is 1.78. The first-order chi connectivity index (χ1) is 12.6. The van der Waals surface area contributed by atoms with Crippen molar-refractivity contribution in [3.63, 3.8) is 0 Å². The molecule has 0 amide bonds. The third kappa shape index (κ3) is 2.24. The van der Waals surface area contributed by atoms with E-state index in [-0.39, 0.29) is 27.9 Å². The molecule has 0 bridgehead atoms. The van der Waals surface area contributed by atoms with Crippen LogP contribution in [0.25, 0.3) is 0 Å². The van der Waals surface area contributed by atoms with Crippen LogP contribution < -0.4 is 0 Å². The van der Waals surface area contributed by atoms with E-state index in [0.717, 1.165) is 19.3 Å². The minimum Gasteiger partial charge on any atom is -0.393 e. The van der Waals surface area contributed by atoms with E-state index < -0.39 is 6.10 Å². The van der Waals surface area contributed by atoms with Gasteiger partial charge in [0.15, 0.2) is 5.78 Å². The predicted octanol–water partition coefficient (Wildman–Crippen LogP) is 4.50. The fourth-order valence-electron chi connectivity index (χ4n) is 7.84. The Labute approximate surface area is 163 Å². The Kier molecular flexibility index (Phi) is 4.17. The summed E-state index contributed by atoms with van der Waals surface area (Å²) in [6, 6.07) is 0. The first kappa shape index (κ1) is 19.1. The fourth-order valence-corrected chi connectivity index (χ4v) is 7.84. The zero-order chi connectivity index (χ0) is 19.8. The van der Waals surface area contributed by atoms with Crippen molar-refractivity contribution in [2.24, 2.45) is 39.9 Å². The van der Waals surface area contributed by atoms with Crippen molar-refractivity contribution in [3.05, 3.63) is 23.8 Å². The lowest BCUT2D eigenvalue weighted by molar-refractivity contribution is -0.155. The second-order valence-corrected chi connectivity index (χ2v) is 10.3. The number of carbonyl (C=O) groups excluding carboxylic acids is 2. The molecule has 1 N–H and O–H groups in total. The van der Waals surface area contributed by atoms with Gasteiger partial charge in [0.25, 0.3) is 0 Å². The summed E-state index contributed by atoms with van der Waals surface area (Å²) < 4.78 is 0. The number of fused-ring (bicyclic) bond motifs is 5. The first-order valence-electron chi connectivity index (χ1n) is 10.7. The van der Waals surface area contributed by atoms with Crippen LogP contribution in [-0.4, -0.2) is 22.8 Å². The van der Waals surface area contributed by atoms with Crippen molar-refractivity contribution in [2.75, 3.05) is 0 Å². The number of ketones is 2. The Morgan fingerprint density at radius 2 is 2.00 bits per heavy atom. The van der Waals surface area contributed by atoms with Crippen molar-refractivity contribution in [3.8, 4) is 0 Å². The highest BCUT2D eigenvalue weighted by molar-refractivity contribution is 6.01. The van der Waals surface area contributed by atoms with Crippen LogP contribution in [-0.2, 0) is 9.59 Å². The molecule has 0 heterocycles. The number of carbonyl (C=O) groups is 2. The predicted molar refractivity (Wildman–Crippen MR) is 106 cm³/mol. The molecule has 0 radical (unpaired) electrons. The molecule has 4 aliphatic carbocycles. The normalized spacial score (nSPS) is 51.3. The number of rotatable bonds is 2. The average Bonchev–Trinajstić information content (AvgIpc) is 2.82. The molecule has 3 nitrogen and oxygen atoms in total. The topological polar surface area (TPSA) is 54.4 Å². The Morgan fingerprint density at radius 3 is 2.67 bits per heavy atom. The summed E-state index contributed by atoms with van der Waals surface area (Å²) in [7, 11) is 0. The molecule has 0 aliphatic heterocycles. The van der Waals surface area contributed by atoms with Crippen LogP contribution in [0.15, 0.2) is 23.8 Å². The molecule has 3 fully saturated rings. The molecule has 4 rings (SSSR count). The Bertz CT molecular complexity index is 749. The zero-order valence-corrected chi connectivity index (χ0v) is 17.4. The van der Waals surface area contributed by atoms with Gasteiger partial charge in [0.2, 0.25) is 0 Å². The molecule has 4 aliphatic rings. The number of hydrogen-bond acceptors (Lipinski definition) is 3. The summed E-state index contributed by atoms with van der Waals surface area (Å²) in [4.78, 5) is 25.0. The van der Waals surface area contributed by atoms with Crippen LogP contribution in [0.4, 0.5) is 0 Å². The van der Waals surface area contributed by atoms with Crippen LogP contribution in [0.1, 0.15) is 66.7 Å². The standard InChI is InChI=1S/C24H34O3/c1-6-20(27)24(5)14(2)11-18-17-8-7-15-12-16(25)9-10-22(15,3)21(17)19(26)13-23(18,24)4/h9-10,12,14,17-19,21,26H,6-8,11,13H2,1-5H3/t14-,17?,18?,19?,21?,22+,23+,24-/m1/s1. The summed E-state index contributed by atoms with van der Waals surface area (Å²) in [5.41, 5.74) is 0.464. The highest BCUT2D eigenvalue weighted by Gasteiger charge is 2.68. The maximum absolute atomic E-state index is 13.1. The van der Waals surface area contributed by atoms with Gasteiger partial charge in [0.05, 0.1) is 6.10 Å². The summed E-state index contributed by atoms with van der Waals surface area (Å²) in [6.45, 7) is 10.9. The van der Waals surface area contributed by atoms with E-state index >= 15 is 0 Å². The quantitative estimate of drug-likeness (QED) is 0.779. The van der Waals surface area contributed by atoms with Gasteiger partial charge in [-0.15, -0.1) is 0 Å². The Morgan fingerprint density at radius 1 is 1.30 bits per heavy atom. The van der Waals surface area contributed by atoms with Crippen molar-refractivity contribution >= 4 is 11.6 Å². The molecular weight excluding hydrogens is 336 g/mol. The molecule has 148 valence electrons. The van der Waals surface area contributed by atoms with E-state index in [1.807, 2.05) is 6.92 Å². The van der Waals surface area contributed by atoms with Crippen molar-refractivity contribution in [2.45, 2.75) is 72.8 Å². The smallest absolute Gasteiger partial charge is 0.178 e. The van der Waals surface area contributed by atoms with Gasteiger partial charge in [-0.05, 0) is 61.0 Å². The van der Waals surface area contributed by atoms with Crippen LogP contribution in [0.2, 0.25) is 0 Å². The fraction of sp³-hybridized carbons (Fsp3) is 0.750. The van der Waals surface area contributed by atoms with Gasteiger partial charge in [0, 0.05) is 23.2 Å². The molecule has 0 saturated heterocycles. The molecular formula is C24H34O3. The third-order valence-corrected chi connectivity index (χ3v) is 9.57. The summed E-state index contributed by atoms with van der Waals surface area (Å²) >= 11 is 0. The Hall–Kier alpha value is -1.22. The van der Waals surface area contributed by atoms with E-state index in [1.165, 1.54) is 5.57 Å². The van der Waals surface area contributed by atoms with Crippen LogP contribution >= 0.6 is 0 Å². The van der Waals surface area contributed by atoms with Gasteiger partial charge in [-0.2, -0.15) is 0 Å². The molecule has 0 aromatic rings. The minimum absolute atomic E-state index is 0.0756. The first-order valence-corrected chi connectivity index (χ1v) is 10.7. The highest BCUT2D eigenvalue weighted by Crippen LogP contribution is 2.71. The van der Waals surface area contributed by atoms with Gasteiger partial charge < -0.3 is 5.11 Å². The molecule has 3 saturated carbocycles. The lowest BCUT2D eigenvalue weighted by Gasteiger charge is -2.60. The molecule has 0 aromatic carbocycles. The van der Waals surface area contributed by atoms with E-state index in [2.05, 4.69) is 33.8 Å². The van der Waals surface area contributed by atoms with Crippen LogP contribution in [0.5, 0.6) is 0 Å². The van der Waals surface area contributed by atoms with E-state index in [1.54, 1.807) is 12.2 Å². The molecule has 0 spiro atoms. The van der Waals surface area contributed by atoms with Gasteiger partial charge in [-0.3, -0.25) is 9.59 Å². The second-order valence-electron chi connectivity index (χ2n) is 10.3. The highest BCUT2D eigenvalue weighted by atomic mass is 16.3. The third-order valence-electron chi connectivity index (χ3n) is 9.57. The number of aliphatic hydroxyl groups is 1. The zero-order valence-electron chi connectivity index (χ0n) is 17.4. The second kappa shape index (κ2) is 5.89. The van der Waals surface area contributed by atoms with Crippen molar-refractivity contribution in [1.82, 2.24) is 0 Å². The molecule has 4 unspecified atom stereocenters. The minimum atomic E-state index is -0.433. The lowest BCUT2D eigenvalue weighted by Crippen LogP contribution is -2.58. The number of aliphatic hydroxyl groups excluding tert-OH is 1. The average molecular weight is 371 g/mol. The van der Waals surface area contributed by atoms with Crippen molar-refractivity contribution in [1.29, 1.82) is 0 Å². The van der Waals surface area contributed by atoms with E-state index in [0.29, 0.717) is 36.4 Å². The molecule has 0 aromatic heterocycles. The largest absolute Gasteiger partial charge is 0.393 e. The number of allylic oxidation sites excluding steroid dienone is 4. The van der Waals surface area contributed by atoms with Gasteiger partial charge >= 0.3 is 0 Å². The lowest BCUT2D eigenvalue weighted by atomic mass is 9.44. The number of hydrogen-bond donors (Lipinski definition) is 1. The van der Waals surface area contributed by atoms with E-state index in [9.17, 15) is 14.7 Å². The molecule has 3 heteroatoms. The summed E-state index contributed by atoms with van der Waals surface area (Å²) in [5, 5.41) is 11.4. The van der Waals surface area contributed by atoms with Crippen LogP contribution in [0, 0.1) is 39.9 Å².